The quantitative estimate of drug-likeness (QED) is 0.350. The van der Waals surface area contributed by atoms with Gasteiger partial charge in [-0.1, -0.05) is 49.8 Å². The Balaban J connectivity index is 1.43. The molecule has 1 fully saturated rings. The van der Waals surface area contributed by atoms with Crippen LogP contribution in [0.25, 0.3) is 5.57 Å². The minimum Gasteiger partial charge on any atom is -0.294 e. The third kappa shape index (κ3) is 5.03. The zero-order valence-electron chi connectivity index (χ0n) is 20.4. The summed E-state index contributed by atoms with van der Waals surface area (Å²) in [5.41, 5.74) is 5.37. The molecule has 4 rings (SSSR count). The van der Waals surface area contributed by atoms with Crippen LogP contribution >= 0.6 is 0 Å². The van der Waals surface area contributed by atoms with Gasteiger partial charge in [-0.3, -0.25) is 14.4 Å². The van der Waals surface area contributed by atoms with Gasteiger partial charge in [0.25, 0.3) is 0 Å². The molecule has 0 spiro atoms. The molecule has 0 bridgehead atoms. The maximum Gasteiger partial charge on any atom is 0.229 e. The normalized spacial score (nSPS) is 24.3. The third-order valence-corrected chi connectivity index (χ3v) is 7.75. The highest BCUT2D eigenvalue weighted by Gasteiger charge is 2.32. The van der Waals surface area contributed by atoms with Crippen LogP contribution in [0.2, 0.25) is 0 Å². The first-order chi connectivity index (χ1) is 15.7. The second-order valence-corrected chi connectivity index (χ2v) is 10.6. The number of carbonyl (C=O) groups is 3. The van der Waals surface area contributed by atoms with Crippen LogP contribution in [0.1, 0.15) is 86.3 Å². The largest absolute Gasteiger partial charge is 0.294 e. The van der Waals surface area contributed by atoms with Gasteiger partial charge >= 0.3 is 0 Å². The Morgan fingerprint density at radius 2 is 1.73 bits per heavy atom. The third-order valence-electron chi connectivity index (χ3n) is 7.75. The molecule has 0 heterocycles. The molecule has 0 radical (unpaired) electrons. The standard InChI is InChI=1S/C30H36O3/c1-18(2)28(31)30(33)25-14-13-24-15-20(4)26(17-27(24)25)29(32)23-11-9-22(10-12-23)16-21-7-5-19(3)6-8-21/h5-7,14-15,17-18,21-23H,8-13,16H2,1-4H3. The molecule has 0 saturated heterocycles. The smallest absolute Gasteiger partial charge is 0.229 e. The monoisotopic (exact) mass is 444 g/mol. The molecule has 0 aliphatic heterocycles. The molecule has 174 valence electrons. The molecule has 3 aliphatic rings. The molecule has 33 heavy (non-hydrogen) atoms. The lowest BCUT2D eigenvalue weighted by Gasteiger charge is -2.30. The lowest BCUT2D eigenvalue weighted by atomic mass is 9.74. The van der Waals surface area contributed by atoms with Crippen molar-refractivity contribution in [1.29, 1.82) is 0 Å². The van der Waals surface area contributed by atoms with Crippen molar-refractivity contribution in [3.63, 3.8) is 0 Å². The van der Waals surface area contributed by atoms with Crippen LogP contribution in [0.3, 0.4) is 0 Å². The second-order valence-electron chi connectivity index (χ2n) is 10.6. The van der Waals surface area contributed by atoms with Crippen LogP contribution in [0.5, 0.6) is 0 Å². The van der Waals surface area contributed by atoms with Gasteiger partial charge in [-0.05, 0) is 93.4 Å². The second kappa shape index (κ2) is 9.75. The van der Waals surface area contributed by atoms with Crippen molar-refractivity contribution < 1.29 is 14.4 Å². The van der Waals surface area contributed by atoms with Gasteiger partial charge in [0.2, 0.25) is 11.6 Å². The number of ketones is 3. The topological polar surface area (TPSA) is 51.2 Å². The highest BCUT2D eigenvalue weighted by Crippen LogP contribution is 2.38. The molecule has 1 aromatic rings. The van der Waals surface area contributed by atoms with Crippen molar-refractivity contribution in [2.24, 2.45) is 23.7 Å². The molecule has 3 aliphatic carbocycles. The number of carbonyl (C=O) groups excluding carboxylic acids is 3. The van der Waals surface area contributed by atoms with Gasteiger partial charge in [-0.15, -0.1) is 0 Å². The van der Waals surface area contributed by atoms with E-state index in [1.54, 1.807) is 13.8 Å². The summed E-state index contributed by atoms with van der Waals surface area (Å²) in [4.78, 5) is 38.5. The van der Waals surface area contributed by atoms with Crippen LogP contribution in [-0.2, 0) is 16.0 Å². The van der Waals surface area contributed by atoms with E-state index >= 15 is 0 Å². The Hall–Kier alpha value is -2.55. The number of allylic oxidation sites excluding steroid dienone is 6. The van der Waals surface area contributed by atoms with Gasteiger partial charge in [0.15, 0.2) is 5.78 Å². The van der Waals surface area contributed by atoms with E-state index < -0.39 is 5.78 Å². The van der Waals surface area contributed by atoms with Crippen LogP contribution in [-0.4, -0.2) is 17.3 Å². The number of aryl methyl sites for hydroxylation is 1. The Bertz CT molecular complexity index is 1060. The van der Waals surface area contributed by atoms with E-state index in [1.807, 2.05) is 25.1 Å². The summed E-state index contributed by atoms with van der Waals surface area (Å²) in [5.74, 6) is 0.496. The maximum atomic E-state index is 13.5. The minimum absolute atomic E-state index is 0.0591. The van der Waals surface area contributed by atoms with E-state index in [4.69, 9.17) is 0 Å². The Morgan fingerprint density at radius 3 is 2.36 bits per heavy atom. The Kier molecular flexibility index (Phi) is 6.97. The summed E-state index contributed by atoms with van der Waals surface area (Å²) in [5, 5.41) is 0. The first-order valence-electron chi connectivity index (χ1n) is 12.6. The van der Waals surface area contributed by atoms with Crippen LogP contribution in [0, 0.1) is 30.6 Å². The zero-order chi connectivity index (χ0) is 23.7. The molecule has 1 unspecified atom stereocenters. The van der Waals surface area contributed by atoms with Crippen molar-refractivity contribution in [3.8, 4) is 0 Å². The highest BCUT2D eigenvalue weighted by molar-refractivity contribution is 6.54. The fraction of sp³-hybridized carbons (Fsp3) is 0.500. The SMILES string of the molecule is CC1=CCC(CC2CCC(C(=O)c3cc4c(cc3C)CC=C4C(=O)C(=O)C(C)C)CC2)C=C1. The van der Waals surface area contributed by atoms with E-state index in [2.05, 4.69) is 25.2 Å². The minimum atomic E-state index is -0.423. The molecule has 3 nitrogen and oxygen atoms in total. The predicted octanol–water partition coefficient (Wildman–Crippen LogP) is 6.63. The van der Waals surface area contributed by atoms with Gasteiger partial charge in [0.1, 0.15) is 0 Å². The van der Waals surface area contributed by atoms with Crippen molar-refractivity contribution in [2.75, 3.05) is 0 Å². The summed E-state index contributed by atoms with van der Waals surface area (Å²) in [7, 11) is 0. The van der Waals surface area contributed by atoms with Crippen LogP contribution < -0.4 is 0 Å². The molecule has 1 atom stereocenters. The number of Topliss-reactive ketones (excluding diaryl/α,β-unsaturated/α-hetero) is 3. The van der Waals surface area contributed by atoms with Crippen LogP contribution in [0.4, 0.5) is 0 Å². The zero-order valence-corrected chi connectivity index (χ0v) is 20.4. The lowest BCUT2D eigenvalue weighted by Crippen LogP contribution is -2.24. The number of hydrogen-bond acceptors (Lipinski definition) is 3. The summed E-state index contributed by atoms with van der Waals surface area (Å²) in [6, 6.07) is 3.93. The summed E-state index contributed by atoms with van der Waals surface area (Å²) in [6.07, 6.45) is 15.9. The summed E-state index contributed by atoms with van der Waals surface area (Å²) < 4.78 is 0. The summed E-state index contributed by atoms with van der Waals surface area (Å²) >= 11 is 0. The Labute approximate surface area is 198 Å². The van der Waals surface area contributed by atoms with Crippen molar-refractivity contribution in [1.82, 2.24) is 0 Å². The van der Waals surface area contributed by atoms with Gasteiger partial charge in [0, 0.05) is 23.0 Å². The first-order valence-corrected chi connectivity index (χ1v) is 12.6. The van der Waals surface area contributed by atoms with Gasteiger partial charge < -0.3 is 0 Å². The Morgan fingerprint density at radius 1 is 1.00 bits per heavy atom. The lowest BCUT2D eigenvalue weighted by molar-refractivity contribution is -0.135. The van der Waals surface area contributed by atoms with Crippen LogP contribution in [0.15, 0.2) is 42.0 Å². The van der Waals surface area contributed by atoms with E-state index in [-0.39, 0.29) is 23.4 Å². The molecule has 0 amide bonds. The van der Waals surface area contributed by atoms with Gasteiger partial charge in [-0.2, -0.15) is 0 Å². The highest BCUT2D eigenvalue weighted by atomic mass is 16.2. The number of benzene rings is 1. The van der Waals surface area contributed by atoms with Gasteiger partial charge in [-0.25, -0.2) is 0 Å². The van der Waals surface area contributed by atoms with E-state index in [0.717, 1.165) is 54.4 Å². The fourth-order valence-corrected chi connectivity index (χ4v) is 5.64. The van der Waals surface area contributed by atoms with Crippen molar-refractivity contribution in [2.45, 2.75) is 72.6 Å². The molecular formula is C30H36O3. The molecule has 0 aromatic heterocycles. The van der Waals surface area contributed by atoms with E-state index in [1.165, 1.54) is 12.0 Å². The van der Waals surface area contributed by atoms with E-state index in [0.29, 0.717) is 23.8 Å². The maximum absolute atomic E-state index is 13.5. The molecule has 0 N–H and O–H groups in total. The first kappa shape index (κ1) is 23.6. The number of hydrogen-bond donors (Lipinski definition) is 0. The summed E-state index contributed by atoms with van der Waals surface area (Å²) in [6.45, 7) is 7.64. The van der Waals surface area contributed by atoms with Gasteiger partial charge in [0.05, 0.1) is 0 Å². The average molecular weight is 445 g/mol. The fourth-order valence-electron chi connectivity index (χ4n) is 5.64. The van der Waals surface area contributed by atoms with Crippen molar-refractivity contribution >= 4 is 22.9 Å². The number of fused-ring (bicyclic) bond motifs is 1. The molecule has 1 aromatic carbocycles. The average Bonchev–Trinajstić information content (AvgIpc) is 3.21. The van der Waals surface area contributed by atoms with Crippen molar-refractivity contribution in [3.05, 3.63) is 64.3 Å². The molecule has 3 heteroatoms. The van der Waals surface area contributed by atoms with E-state index in [9.17, 15) is 14.4 Å². The molecular weight excluding hydrogens is 408 g/mol. The number of rotatable bonds is 7. The predicted molar refractivity (Wildman–Crippen MR) is 133 cm³/mol. The molecule has 1 saturated carbocycles.